The third kappa shape index (κ3) is 49.1. The molecule has 0 aliphatic rings. The number of hydrogen-bond donors (Lipinski definition) is 0. The molecular formula is C42H84O12. The van der Waals surface area contributed by atoms with Crippen molar-refractivity contribution in [2.24, 2.45) is 0 Å². The molecule has 0 saturated carbocycles. The topological polar surface area (TPSA) is 119 Å². The van der Waals surface area contributed by atoms with E-state index in [0.717, 1.165) is 25.9 Å². The Hall–Kier alpha value is -0.930. The Labute approximate surface area is 330 Å². The van der Waals surface area contributed by atoms with Crippen molar-refractivity contribution in [1.82, 2.24) is 0 Å². The molecule has 0 heterocycles. The lowest BCUT2D eigenvalue weighted by atomic mass is 10.1. The highest BCUT2D eigenvalue weighted by Gasteiger charge is 2.03. The van der Waals surface area contributed by atoms with Gasteiger partial charge >= 0.3 is 5.97 Å². The van der Waals surface area contributed by atoms with Crippen LogP contribution in [0.15, 0.2) is 0 Å². The van der Waals surface area contributed by atoms with Crippen molar-refractivity contribution in [2.75, 3.05) is 139 Å². The molecule has 0 rings (SSSR count). The Bertz CT molecular complexity index is 688. The molecular weight excluding hydrogens is 696 g/mol. The lowest BCUT2D eigenvalue weighted by molar-refractivity contribution is -0.145. The first kappa shape index (κ1) is 53.1. The van der Waals surface area contributed by atoms with Gasteiger partial charge in [-0.15, -0.1) is 0 Å². The van der Waals surface area contributed by atoms with Crippen molar-refractivity contribution in [3.63, 3.8) is 0 Å². The molecule has 0 aliphatic carbocycles. The molecule has 0 N–H and O–H groups in total. The average Bonchev–Trinajstić information content (AvgIpc) is 3.18. The fraction of sp³-hybridized carbons (Fsp3) is 0.976. The van der Waals surface area contributed by atoms with E-state index in [0.29, 0.717) is 139 Å². The van der Waals surface area contributed by atoms with Crippen LogP contribution >= 0.6 is 0 Å². The zero-order valence-electron chi connectivity index (χ0n) is 35.0. The lowest BCUT2D eigenvalue weighted by Crippen LogP contribution is -2.15. The van der Waals surface area contributed by atoms with Gasteiger partial charge in [0.15, 0.2) is 0 Å². The number of unbranched alkanes of at least 4 members (excludes halogenated alkanes) is 15. The Morgan fingerprint density at radius 1 is 0.259 bits per heavy atom. The first-order valence-electron chi connectivity index (χ1n) is 21.7. The molecule has 0 bridgehead atoms. The second-order valence-corrected chi connectivity index (χ2v) is 13.4. The van der Waals surface area contributed by atoms with Crippen LogP contribution in [0.1, 0.15) is 129 Å². The predicted molar refractivity (Wildman–Crippen MR) is 214 cm³/mol. The highest BCUT2D eigenvalue weighted by atomic mass is 16.6. The summed E-state index contributed by atoms with van der Waals surface area (Å²) < 4.78 is 60.4. The molecule has 324 valence electrons. The smallest absolute Gasteiger partial charge is 0.305 e. The summed E-state index contributed by atoms with van der Waals surface area (Å²) in [5, 5.41) is 0. The van der Waals surface area contributed by atoms with Gasteiger partial charge in [0.1, 0.15) is 6.61 Å². The number of hydrogen-bond acceptors (Lipinski definition) is 12. The van der Waals surface area contributed by atoms with Gasteiger partial charge in [0.2, 0.25) is 0 Å². The second kappa shape index (κ2) is 50.1. The standard InChI is InChI=1S/C42H84O12/c1-3-5-7-9-11-13-14-16-18-20-42(43)54-41-40-53-39-38-52-37-36-51-35-34-50-33-32-49-31-30-48-29-28-47-27-26-46-25-24-45-23-22-44-21-19-17-15-12-10-8-6-4-2/h3-41H2,1-2H3. The van der Waals surface area contributed by atoms with Crippen molar-refractivity contribution in [2.45, 2.75) is 129 Å². The first-order chi connectivity index (χ1) is 26.8. The predicted octanol–water partition coefficient (Wildman–Crippen LogP) is 7.76. The minimum absolute atomic E-state index is 0.134. The lowest BCUT2D eigenvalue weighted by Gasteiger charge is -2.09. The van der Waals surface area contributed by atoms with Gasteiger partial charge in [0.05, 0.1) is 126 Å². The molecule has 0 aliphatic heterocycles. The number of rotatable bonds is 49. The van der Waals surface area contributed by atoms with Gasteiger partial charge in [-0.05, 0) is 12.8 Å². The minimum Gasteiger partial charge on any atom is -0.463 e. The highest BCUT2D eigenvalue weighted by molar-refractivity contribution is 5.69. The van der Waals surface area contributed by atoms with Crippen molar-refractivity contribution >= 4 is 5.97 Å². The summed E-state index contributed by atoms with van der Waals surface area (Å²) in [6.45, 7) is 15.5. The number of carbonyl (C=O) groups excluding carboxylic acids is 1. The second-order valence-electron chi connectivity index (χ2n) is 13.4. The van der Waals surface area contributed by atoms with Crippen LogP contribution in [0.2, 0.25) is 0 Å². The monoisotopic (exact) mass is 781 g/mol. The molecule has 0 spiro atoms. The molecule has 12 nitrogen and oxygen atoms in total. The van der Waals surface area contributed by atoms with E-state index in [1.807, 2.05) is 0 Å². The molecule has 0 fully saturated rings. The van der Waals surface area contributed by atoms with Gasteiger partial charge in [-0.1, -0.05) is 110 Å². The zero-order chi connectivity index (χ0) is 38.9. The van der Waals surface area contributed by atoms with E-state index in [-0.39, 0.29) is 5.97 Å². The van der Waals surface area contributed by atoms with Crippen LogP contribution in [-0.4, -0.2) is 145 Å². The van der Waals surface area contributed by atoms with Crippen molar-refractivity contribution in [3.8, 4) is 0 Å². The largest absolute Gasteiger partial charge is 0.463 e. The fourth-order valence-electron chi connectivity index (χ4n) is 5.29. The van der Waals surface area contributed by atoms with Crippen molar-refractivity contribution in [1.29, 1.82) is 0 Å². The third-order valence-electron chi connectivity index (χ3n) is 8.47. The summed E-state index contributed by atoms with van der Waals surface area (Å²) in [7, 11) is 0. The molecule has 54 heavy (non-hydrogen) atoms. The van der Waals surface area contributed by atoms with E-state index < -0.39 is 0 Å². The first-order valence-corrected chi connectivity index (χ1v) is 21.7. The van der Waals surface area contributed by atoms with Crippen molar-refractivity contribution < 1.29 is 56.9 Å². The van der Waals surface area contributed by atoms with Gasteiger partial charge in [0, 0.05) is 13.0 Å². The highest BCUT2D eigenvalue weighted by Crippen LogP contribution is 2.11. The Morgan fingerprint density at radius 3 is 0.778 bits per heavy atom. The maximum atomic E-state index is 11.8. The van der Waals surface area contributed by atoms with Crippen LogP contribution in [0, 0.1) is 0 Å². The molecule has 0 atom stereocenters. The number of ether oxygens (including phenoxy) is 11. The van der Waals surface area contributed by atoms with Crippen LogP contribution < -0.4 is 0 Å². The van der Waals surface area contributed by atoms with Gasteiger partial charge in [-0.3, -0.25) is 4.79 Å². The van der Waals surface area contributed by atoms with Gasteiger partial charge in [-0.25, -0.2) is 0 Å². The normalized spacial score (nSPS) is 11.5. The molecule has 0 saturated heterocycles. The van der Waals surface area contributed by atoms with Crippen LogP contribution in [0.4, 0.5) is 0 Å². The number of carbonyl (C=O) groups is 1. The summed E-state index contributed by atoms with van der Waals surface area (Å²) in [6.07, 6.45) is 22.1. The van der Waals surface area contributed by atoms with E-state index in [1.165, 1.54) is 89.9 Å². The summed E-state index contributed by atoms with van der Waals surface area (Å²) in [5.74, 6) is -0.134. The Kier molecular flexibility index (Phi) is 49.2. The van der Waals surface area contributed by atoms with Gasteiger partial charge in [-0.2, -0.15) is 0 Å². The molecule has 0 unspecified atom stereocenters. The maximum Gasteiger partial charge on any atom is 0.305 e. The van der Waals surface area contributed by atoms with E-state index in [2.05, 4.69) is 13.8 Å². The summed E-state index contributed by atoms with van der Waals surface area (Å²) in [5.41, 5.74) is 0. The van der Waals surface area contributed by atoms with Gasteiger partial charge in [0.25, 0.3) is 0 Å². The van der Waals surface area contributed by atoms with Crippen LogP contribution in [0.3, 0.4) is 0 Å². The van der Waals surface area contributed by atoms with Crippen LogP contribution in [0.5, 0.6) is 0 Å². The number of esters is 1. The quantitative estimate of drug-likeness (QED) is 0.0444. The summed E-state index contributed by atoms with van der Waals surface area (Å²) >= 11 is 0. The van der Waals surface area contributed by atoms with Crippen LogP contribution in [0.25, 0.3) is 0 Å². The molecule has 0 aromatic carbocycles. The minimum atomic E-state index is -0.134. The van der Waals surface area contributed by atoms with E-state index >= 15 is 0 Å². The molecule has 0 aromatic heterocycles. The maximum absolute atomic E-state index is 11.8. The molecule has 12 heteroatoms. The molecule has 0 aromatic rings. The fourth-order valence-corrected chi connectivity index (χ4v) is 5.29. The molecule has 0 radical (unpaired) electrons. The van der Waals surface area contributed by atoms with Crippen LogP contribution in [-0.2, 0) is 56.9 Å². The Morgan fingerprint density at radius 2 is 0.481 bits per heavy atom. The van der Waals surface area contributed by atoms with Gasteiger partial charge < -0.3 is 52.1 Å². The average molecular weight is 781 g/mol. The van der Waals surface area contributed by atoms with E-state index in [1.54, 1.807) is 0 Å². The summed E-state index contributed by atoms with van der Waals surface area (Å²) in [6, 6.07) is 0. The van der Waals surface area contributed by atoms with E-state index in [4.69, 9.17) is 52.1 Å². The molecule has 0 amide bonds. The SMILES string of the molecule is CCCCCCCCCCCC(=O)OCCOCCOCCOCCOCCOCCOCCOCCOCCOCCOCCCCCCCCCC. The van der Waals surface area contributed by atoms with Crippen molar-refractivity contribution in [3.05, 3.63) is 0 Å². The summed E-state index contributed by atoms with van der Waals surface area (Å²) in [4.78, 5) is 11.8. The zero-order valence-corrected chi connectivity index (χ0v) is 35.0. The third-order valence-corrected chi connectivity index (χ3v) is 8.47. The van der Waals surface area contributed by atoms with E-state index in [9.17, 15) is 4.79 Å². The Balaban J connectivity index is 3.10.